The second-order valence-electron chi connectivity index (χ2n) is 8.83. The monoisotopic (exact) mass is 412 g/mol. The van der Waals surface area contributed by atoms with Crippen molar-refractivity contribution in [2.75, 3.05) is 34.8 Å². The number of nitrogens with one attached hydrogen (secondary N) is 2. The van der Waals surface area contributed by atoms with Gasteiger partial charge in [0.15, 0.2) is 5.82 Å². The molecule has 2 aromatic rings. The molecule has 30 heavy (non-hydrogen) atoms. The molecule has 9 heteroatoms. The van der Waals surface area contributed by atoms with Gasteiger partial charge in [-0.25, -0.2) is 19.2 Å². The van der Waals surface area contributed by atoms with Crippen LogP contribution in [-0.4, -0.2) is 47.6 Å². The van der Waals surface area contributed by atoms with E-state index in [0.717, 1.165) is 24.8 Å². The molecule has 2 aromatic heterocycles. The third-order valence-corrected chi connectivity index (χ3v) is 5.15. The number of aromatic nitrogens is 2. The molecule has 2 aliphatic heterocycles. The van der Waals surface area contributed by atoms with Crippen LogP contribution >= 0.6 is 0 Å². The molecule has 0 radical (unpaired) electrons. The molecule has 2 aliphatic rings. The highest BCUT2D eigenvalue weighted by molar-refractivity contribution is 6.05. The van der Waals surface area contributed by atoms with Crippen molar-refractivity contribution in [1.29, 1.82) is 0 Å². The Labute approximate surface area is 174 Å². The molecule has 158 valence electrons. The predicted molar refractivity (Wildman–Crippen MR) is 112 cm³/mol. The fourth-order valence-electron chi connectivity index (χ4n) is 3.65. The van der Waals surface area contributed by atoms with E-state index in [1.165, 1.54) is 12.1 Å². The Hall–Kier alpha value is -3.23. The maximum Gasteiger partial charge on any atom is 0.329 e. The summed E-state index contributed by atoms with van der Waals surface area (Å²) in [4.78, 5) is 37.9. The Kier molecular flexibility index (Phi) is 5.05. The third-order valence-electron chi connectivity index (χ3n) is 5.15. The molecule has 1 unspecified atom stereocenters. The molecular weight excluding hydrogens is 387 g/mol. The van der Waals surface area contributed by atoms with E-state index in [2.05, 4.69) is 25.5 Å². The van der Waals surface area contributed by atoms with Gasteiger partial charge in [0, 0.05) is 19.6 Å². The average molecular weight is 412 g/mol. The summed E-state index contributed by atoms with van der Waals surface area (Å²) in [6, 6.07) is 5.71. The van der Waals surface area contributed by atoms with Crippen LogP contribution in [0, 0.1) is 11.2 Å². The van der Waals surface area contributed by atoms with E-state index < -0.39 is 11.8 Å². The minimum absolute atomic E-state index is 0.0528. The standard InChI is InChI=1S/C21H25FN6O2/c1-21(2,3)12-24-19(29)15-5-6-16-18(25-15)28(14-8-9-27(16)11-14)20(30)26-17-7-4-13(22)10-23-17/h4-7,10,14H,8-9,11-12H2,1-3H3,(H,24,29)(H,23,26,30). The Morgan fingerprint density at radius 3 is 2.73 bits per heavy atom. The van der Waals surface area contributed by atoms with Gasteiger partial charge in [0.2, 0.25) is 0 Å². The van der Waals surface area contributed by atoms with Gasteiger partial charge < -0.3 is 10.2 Å². The van der Waals surface area contributed by atoms with Gasteiger partial charge in [-0.3, -0.25) is 15.0 Å². The number of fused-ring (bicyclic) bond motifs is 4. The summed E-state index contributed by atoms with van der Waals surface area (Å²) in [5.41, 5.74) is 1.03. The molecule has 1 fully saturated rings. The van der Waals surface area contributed by atoms with Crippen LogP contribution in [0.2, 0.25) is 0 Å². The first-order valence-corrected chi connectivity index (χ1v) is 9.97. The topological polar surface area (TPSA) is 90.5 Å². The van der Waals surface area contributed by atoms with Crippen molar-refractivity contribution in [1.82, 2.24) is 15.3 Å². The average Bonchev–Trinajstić information content (AvgIpc) is 3.11. The predicted octanol–water partition coefficient (Wildman–Crippen LogP) is 3.02. The van der Waals surface area contributed by atoms with Crippen LogP contribution in [0.5, 0.6) is 0 Å². The molecular formula is C21H25FN6O2. The second kappa shape index (κ2) is 7.55. The van der Waals surface area contributed by atoms with Crippen LogP contribution < -0.4 is 20.4 Å². The summed E-state index contributed by atoms with van der Waals surface area (Å²) in [6.45, 7) is 8.14. The highest BCUT2D eigenvalue weighted by Crippen LogP contribution is 2.39. The lowest BCUT2D eigenvalue weighted by atomic mass is 9.97. The van der Waals surface area contributed by atoms with Crippen LogP contribution in [0.1, 0.15) is 37.7 Å². The van der Waals surface area contributed by atoms with Gasteiger partial charge in [0.05, 0.1) is 17.9 Å². The molecule has 3 amide bonds. The molecule has 1 atom stereocenters. The van der Waals surface area contributed by atoms with Gasteiger partial charge in [0.1, 0.15) is 17.3 Å². The van der Waals surface area contributed by atoms with Gasteiger partial charge in [-0.15, -0.1) is 0 Å². The lowest BCUT2D eigenvalue weighted by Gasteiger charge is -2.35. The minimum Gasteiger partial charge on any atom is -0.366 e. The van der Waals surface area contributed by atoms with Crippen molar-refractivity contribution in [3.05, 3.63) is 42.0 Å². The largest absolute Gasteiger partial charge is 0.366 e. The lowest BCUT2D eigenvalue weighted by Crippen LogP contribution is -2.48. The second-order valence-corrected chi connectivity index (χ2v) is 8.83. The van der Waals surface area contributed by atoms with Crippen LogP contribution in [0.25, 0.3) is 0 Å². The number of carbonyl (C=O) groups is 2. The number of pyridine rings is 2. The first kappa shape index (κ1) is 20.1. The number of carbonyl (C=O) groups excluding carboxylic acids is 2. The normalized spacial score (nSPS) is 17.5. The van der Waals surface area contributed by atoms with Crippen molar-refractivity contribution in [3.63, 3.8) is 0 Å². The van der Waals surface area contributed by atoms with E-state index >= 15 is 0 Å². The molecule has 0 spiro atoms. The van der Waals surface area contributed by atoms with Crippen molar-refractivity contribution >= 4 is 29.3 Å². The minimum atomic E-state index is -0.477. The van der Waals surface area contributed by atoms with Gasteiger partial charge in [-0.1, -0.05) is 20.8 Å². The van der Waals surface area contributed by atoms with E-state index in [1.54, 1.807) is 11.0 Å². The van der Waals surface area contributed by atoms with Crippen molar-refractivity contribution in [3.8, 4) is 0 Å². The zero-order valence-corrected chi connectivity index (χ0v) is 17.3. The highest BCUT2D eigenvalue weighted by Gasteiger charge is 2.40. The van der Waals surface area contributed by atoms with Gasteiger partial charge in [-0.05, 0) is 36.1 Å². The zero-order valence-electron chi connectivity index (χ0n) is 17.3. The number of rotatable bonds is 3. The van der Waals surface area contributed by atoms with E-state index in [1.807, 2.05) is 26.8 Å². The number of hydrogen-bond acceptors (Lipinski definition) is 5. The van der Waals surface area contributed by atoms with E-state index in [9.17, 15) is 14.0 Å². The Morgan fingerprint density at radius 2 is 2.03 bits per heavy atom. The van der Waals surface area contributed by atoms with Crippen molar-refractivity contribution in [2.24, 2.45) is 5.41 Å². The number of anilines is 3. The van der Waals surface area contributed by atoms with Gasteiger partial charge >= 0.3 is 6.03 Å². The molecule has 2 bridgehead atoms. The fraction of sp³-hybridized carbons (Fsp3) is 0.429. The summed E-state index contributed by atoms with van der Waals surface area (Å²) < 4.78 is 13.1. The first-order chi connectivity index (χ1) is 14.2. The number of urea groups is 1. The smallest absolute Gasteiger partial charge is 0.329 e. The summed E-state index contributed by atoms with van der Waals surface area (Å²) in [7, 11) is 0. The van der Waals surface area contributed by atoms with Crippen molar-refractivity contribution in [2.45, 2.75) is 33.2 Å². The van der Waals surface area contributed by atoms with E-state index in [4.69, 9.17) is 0 Å². The molecule has 1 saturated heterocycles. The van der Waals surface area contributed by atoms with Crippen molar-refractivity contribution < 1.29 is 14.0 Å². The SMILES string of the molecule is CC(C)(C)CNC(=O)c1ccc2c(n1)N(C(=O)Nc1ccc(F)cn1)C1CCN2C1. The van der Waals surface area contributed by atoms with Crippen LogP contribution in [0.15, 0.2) is 30.5 Å². The first-order valence-electron chi connectivity index (χ1n) is 9.97. The molecule has 0 saturated carbocycles. The molecule has 8 nitrogen and oxygen atoms in total. The summed E-state index contributed by atoms with van der Waals surface area (Å²) in [5, 5.41) is 5.60. The van der Waals surface area contributed by atoms with Crippen LogP contribution in [0.3, 0.4) is 0 Å². The number of amides is 3. The molecule has 0 aromatic carbocycles. The number of halogens is 1. The summed E-state index contributed by atoms with van der Waals surface area (Å²) in [5.74, 6) is -0.0502. The Morgan fingerprint density at radius 1 is 1.23 bits per heavy atom. The van der Waals surface area contributed by atoms with Gasteiger partial charge in [0.25, 0.3) is 5.91 Å². The molecule has 4 heterocycles. The van der Waals surface area contributed by atoms with Crippen LogP contribution in [0.4, 0.5) is 26.5 Å². The fourth-order valence-corrected chi connectivity index (χ4v) is 3.65. The quantitative estimate of drug-likeness (QED) is 0.809. The lowest BCUT2D eigenvalue weighted by molar-refractivity contribution is 0.0934. The zero-order chi connectivity index (χ0) is 21.5. The Bertz CT molecular complexity index is 972. The maximum atomic E-state index is 13.1. The number of nitrogens with zero attached hydrogens (tertiary/aromatic N) is 4. The number of hydrogen-bond donors (Lipinski definition) is 2. The van der Waals surface area contributed by atoms with E-state index in [0.29, 0.717) is 18.9 Å². The van der Waals surface area contributed by atoms with Gasteiger partial charge in [-0.2, -0.15) is 0 Å². The third kappa shape index (κ3) is 4.05. The molecule has 4 rings (SSSR count). The van der Waals surface area contributed by atoms with E-state index in [-0.39, 0.29) is 28.9 Å². The molecule has 0 aliphatic carbocycles. The maximum absolute atomic E-state index is 13.1. The van der Waals surface area contributed by atoms with Crippen LogP contribution in [-0.2, 0) is 0 Å². The Balaban J connectivity index is 1.61. The summed E-state index contributed by atoms with van der Waals surface area (Å²) >= 11 is 0. The highest BCUT2D eigenvalue weighted by atomic mass is 19.1. The molecule has 2 N–H and O–H groups in total. The summed E-state index contributed by atoms with van der Waals surface area (Å²) in [6.07, 6.45) is 1.85.